The number of fused-ring (bicyclic) bond motifs is 1. The van der Waals surface area contributed by atoms with Gasteiger partial charge in [-0.3, -0.25) is 4.79 Å². The molecule has 1 aliphatic heterocycles. The van der Waals surface area contributed by atoms with E-state index >= 15 is 0 Å². The van der Waals surface area contributed by atoms with Crippen molar-refractivity contribution in [2.45, 2.75) is 33.2 Å². The molecule has 180 valence electrons. The lowest BCUT2D eigenvalue weighted by Gasteiger charge is -2.33. The van der Waals surface area contributed by atoms with Crippen LogP contribution in [0, 0.1) is 12.8 Å². The van der Waals surface area contributed by atoms with Crippen molar-refractivity contribution in [3.8, 4) is 17.0 Å². The third-order valence-electron chi connectivity index (χ3n) is 6.50. The minimum atomic E-state index is 0.0184. The van der Waals surface area contributed by atoms with Crippen LogP contribution >= 0.6 is 0 Å². The number of rotatable bonds is 7. The van der Waals surface area contributed by atoms with Gasteiger partial charge in [0.05, 0.1) is 12.3 Å². The van der Waals surface area contributed by atoms with Gasteiger partial charge in [-0.1, -0.05) is 42.5 Å². The zero-order valence-corrected chi connectivity index (χ0v) is 20.3. The summed E-state index contributed by atoms with van der Waals surface area (Å²) in [6.45, 7) is 6.77. The minimum Gasteiger partial charge on any atom is -0.494 e. The first-order valence-corrected chi connectivity index (χ1v) is 12.3. The number of carbonyl (C=O) groups excluding carboxylic acids is 1. The van der Waals surface area contributed by atoms with Gasteiger partial charge >= 0.3 is 0 Å². The molecule has 0 saturated carbocycles. The Morgan fingerprint density at radius 3 is 2.51 bits per heavy atom. The summed E-state index contributed by atoms with van der Waals surface area (Å²) in [5.41, 5.74) is 4.86. The molecule has 1 N–H and O–H groups in total. The summed E-state index contributed by atoms with van der Waals surface area (Å²) >= 11 is 0. The maximum atomic E-state index is 12.8. The molecule has 7 nitrogen and oxygen atoms in total. The summed E-state index contributed by atoms with van der Waals surface area (Å²) in [4.78, 5) is 19.8. The van der Waals surface area contributed by atoms with Gasteiger partial charge in [0, 0.05) is 48.9 Å². The van der Waals surface area contributed by atoms with Gasteiger partial charge in [0.1, 0.15) is 11.6 Å². The van der Waals surface area contributed by atoms with Crippen LogP contribution in [0.15, 0.2) is 66.7 Å². The van der Waals surface area contributed by atoms with Gasteiger partial charge in [-0.05, 0) is 44.4 Å². The molecular formula is C28H31N5O2. The number of anilines is 1. The number of nitrogens with one attached hydrogen (secondary N) is 1. The molecule has 35 heavy (non-hydrogen) atoms. The van der Waals surface area contributed by atoms with Crippen LogP contribution in [0.5, 0.6) is 5.75 Å². The van der Waals surface area contributed by atoms with E-state index in [-0.39, 0.29) is 11.8 Å². The van der Waals surface area contributed by atoms with Crippen LogP contribution in [0.4, 0.5) is 5.82 Å². The highest BCUT2D eigenvalue weighted by Crippen LogP contribution is 2.27. The summed E-state index contributed by atoms with van der Waals surface area (Å²) in [5.74, 6) is 2.02. The average molecular weight is 470 g/mol. The molecule has 4 aromatic rings. The molecule has 1 aliphatic rings. The van der Waals surface area contributed by atoms with E-state index in [4.69, 9.17) is 14.8 Å². The normalized spacial score (nSPS) is 14.3. The molecule has 0 atom stereocenters. The number of nitrogens with zero attached hydrogens (tertiary/aromatic N) is 4. The zero-order chi connectivity index (χ0) is 24.2. The van der Waals surface area contributed by atoms with Crippen molar-refractivity contribution in [1.29, 1.82) is 0 Å². The molecule has 0 aliphatic carbocycles. The number of hydrogen-bond acceptors (Lipinski definition) is 5. The second kappa shape index (κ2) is 10.2. The highest BCUT2D eigenvalue weighted by Gasteiger charge is 2.26. The first-order chi connectivity index (χ1) is 17.1. The Labute approximate surface area is 205 Å². The Morgan fingerprint density at radius 2 is 1.80 bits per heavy atom. The first kappa shape index (κ1) is 22.9. The number of aromatic nitrogens is 3. The standard InChI is InChI=1S/C28H31N5O2/c1-3-35-24-11-9-21(10-12-24)19-29-28(34)23-13-15-32(16-14-23)27-17-20(2)30-26-18-25(31-33(26)27)22-7-5-4-6-8-22/h4-12,17-18,23H,3,13-16,19H2,1-2H3,(H,29,34). The summed E-state index contributed by atoms with van der Waals surface area (Å²) in [7, 11) is 0. The van der Waals surface area contributed by atoms with Gasteiger partial charge < -0.3 is 15.0 Å². The summed E-state index contributed by atoms with van der Waals surface area (Å²) in [6, 6.07) is 22.2. The van der Waals surface area contributed by atoms with Crippen LogP contribution in [0.1, 0.15) is 31.0 Å². The second-order valence-corrected chi connectivity index (χ2v) is 8.98. The van der Waals surface area contributed by atoms with E-state index in [1.807, 2.05) is 66.9 Å². The molecule has 2 aromatic carbocycles. The van der Waals surface area contributed by atoms with Crippen molar-refractivity contribution < 1.29 is 9.53 Å². The molecule has 3 heterocycles. The number of amides is 1. The van der Waals surface area contributed by atoms with Gasteiger partial charge in [0.2, 0.25) is 5.91 Å². The Balaban J connectivity index is 1.23. The van der Waals surface area contributed by atoms with E-state index in [1.54, 1.807) is 0 Å². The molecular weight excluding hydrogens is 438 g/mol. The van der Waals surface area contributed by atoms with Gasteiger partial charge in [0.25, 0.3) is 0 Å². The van der Waals surface area contributed by atoms with Gasteiger partial charge in [0.15, 0.2) is 5.65 Å². The molecule has 2 aromatic heterocycles. The van der Waals surface area contributed by atoms with E-state index in [0.29, 0.717) is 13.2 Å². The SMILES string of the molecule is CCOc1ccc(CNC(=O)C2CCN(c3cc(C)nc4cc(-c5ccccc5)nn34)CC2)cc1. The maximum absolute atomic E-state index is 12.8. The van der Waals surface area contributed by atoms with E-state index in [9.17, 15) is 4.79 Å². The van der Waals surface area contributed by atoms with Gasteiger partial charge in [-0.2, -0.15) is 9.61 Å². The molecule has 0 unspecified atom stereocenters. The first-order valence-electron chi connectivity index (χ1n) is 12.3. The predicted octanol–water partition coefficient (Wildman–Crippen LogP) is 4.64. The average Bonchev–Trinajstić information content (AvgIpc) is 3.32. The van der Waals surface area contributed by atoms with Crippen molar-refractivity contribution in [2.24, 2.45) is 5.92 Å². The lowest BCUT2D eigenvalue weighted by atomic mass is 9.95. The number of aryl methyl sites for hydroxylation is 1. The van der Waals surface area contributed by atoms with E-state index in [1.165, 1.54) is 0 Å². The summed E-state index contributed by atoms with van der Waals surface area (Å²) < 4.78 is 7.42. The van der Waals surface area contributed by atoms with Crippen LogP contribution in [-0.4, -0.2) is 40.2 Å². The molecule has 7 heteroatoms. The highest BCUT2D eigenvalue weighted by molar-refractivity contribution is 5.79. The summed E-state index contributed by atoms with van der Waals surface area (Å²) in [5, 5.41) is 7.97. The Kier molecular flexibility index (Phi) is 6.66. The Hall–Kier alpha value is -3.87. The summed E-state index contributed by atoms with van der Waals surface area (Å²) in [6.07, 6.45) is 1.62. The highest BCUT2D eigenvalue weighted by atomic mass is 16.5. The monoisotopic (exact) mass is 469 g/mol. The minimum absolute atomic E-state index is 0.0184. The third-order valence-corrected chi connectivity index (χ3v) is 6.50. The van der Waals surface area contributed by atoms with Crippen LogP contribution in [0.3, 0.4) is 0 Å². The fourth-order valence-electron chi connectivity index (χ4n) is 4.63. The molecule has 5 rings (SSSR count). The Bertz CT molecular complexity index is 1290. The third kappa shape index (κ3) is 5.14. The maximum Gasteiger partial charge on any atom is 0.223 e. The van der Waals surface area contributed by atoms with E-state index in [2.05, 4.69) is 28.4 Å². The second-order valence-electron chi connectivity index (χ2n) is 8.98. The number of carbonyl (C=O) groups is 1. The number of piperidine rings is 1. The molecule has 1 fully saturated rings. The fourth-order valence-corrected chi connectivity index (χ4v) is 4.63. The molecule has 1 amide bonds. The predicted molar refractivity (Wildman–Crippen MR) is 138 cm³/mol. The lowest BCUT2D eigenvalue weighted by molar-refractivity contribution is -0.125. The smallest absolute Gasteiger partial charge is 0.223 e. The van der Waals surface area contributed by atoms with Gasteiger partial charge in [-0.15, -0.1) is 0 Å². The van der Waals surface area contributed by atoms with Crippen molar-refractivity contribution in [1.82, 2.24) is 19.9 Å². The molecule has 0 spiro atoms. The van der Waals surface area contributed by atoms with E-state index in [0.717, 1.165) is 65.7 Å². The van der Waals surface area contributed by atoms with Crippen molar-refractivity contribution in [3.05, 3.63) is 78.0 Å². The quantitative estimate of drug-likeness (QED) is 0.427. The van der Waals surface area contributed by atoms with E-state index < -0.39 is 0 Å². The van der Waals surface area contributed by atoms with Crippen molar-refractivity contribution in [2.75, 3.05) is 24.6 Å². The van der Waals surface area contributed by atoms with Crippen molar-refractivity contribution >= 4 is 17.4 Å². The lowest BCUT2D eigenvalue weighted by Crippen LogP contribution is -2.41. The topological polar surface area (TPSA) is 71.8 Å². The number of ether oxygens (including phenoxy) is 1. The number of benzene rings is 2. The van der Waals surface area contributed by atoms with Crippen LogP contribution in [0.2, 0.25) is 0 Å². The van der Waals surface area contributed by atoms with Crippen LogP contribution in [0.25, 0.3) is 16.9 Å². The largest absolute Gasteiger partial charge is 0.494 e. The van der Waals surface area contributed by atoms with Crippen LogP contribution < -0.4 is 15.0 Å². The Morgan fingerprint density at radius 1 is 1.06 bits per heavy atom. The number of hydrogen-bond donors (Lipinski definition) is 1. The zero-order valence-electron chi connectivity index (χ0n) is 20.3. The molecule has 1 saturated heterocycles. The van der Waals surface area contributed by atoms with Crippen molar-refractivity contribution in [3.63, 3.8) is 0 Å². The molecule has 0 radical (unpaired) electrons. The van der Waals surface area contributed by atoms with Gasteiger partial charge in [-0.25, -0.2) is 4.98 Å². The fraction of sp³-hybridized carbons (Fsp3) is 0.321. The molecule has 0 bridgehead atoms. The van der Waals surface area contributed by atoms with Crippen LogP contribution in [-0.2, 0) is 11.3 Å².